The number of hydrogen-bond donors (Lipinski definition) is 1. The molecule has 1 aromatic rings. The van der Waals surface area contributed by atoms with Gasteiger partial charge in [0.05, 0.1) is 6.20 Å². The van der Waals surface area contributed by atoms with Crippen LogP contribution in [0.15, 0.2) is 10.6 Å². The van der Waals surface area contributed by atoms with Gasteiger partial charge >= 0.3 is 0 Å². The molecule has 0 spiro atoms. The Labute approximate surface area is 117 Å². The van der Waals surface area contributed by atoms with Gasteiger partial charge in [0.2, 0.25) is 0 Å². The number of nitrogens with one attached hydrogen (secondary N) is 1. The number of aromatic nitrogens is 1. The number of hydrogen-bond acceptors (Lipinski definition) is 3. The highest BCUT2D eigenvalue weighted by atomic mass is 16.4. The van der Waals surface area contributed by atoms with Crippen molar-refractivity contribution in [3.05, 3.63) is 17.8 Å². The molecule has 1 aromatic heterocycles. The zero-order valence-corrected chi connectivity index (χ0v) is 13.2. The molecule has 0 atom stereocenters. The Balaban J connectivity index is 1.87. The van der Waals surface area contributed by atoms with Crippen molar-refractivity contribution in [1.82, 2.24) is 10.3 Å². The van der Waals surface area contributed by atoms with Crippen molar-refractivity contribution >= 4 is 0 Å². The molecule has 0 amide bonds. The van der Waals surface area contributed by atoms with Gasteiger partial charge in [-0.2, -0.15) is 0 Å². The molecule has 0 aromatic carbocycles. The van der Waals surface area contributed by atoms with Crippen LogP contribution >= 0.6 is 0 Å². The maximum atomic E-state index is 5.93. The number of rotatable bonds is 6. The smallest absolute Gasteiger partial charge is 0.195 e. The third-order valence-corrected chi connectivity index (χ3v) is 4.94. The standard InChI is InChI=1S/C16H28N2O/c1-11(2)9-17-8-7-13-18-10-12(19-13)14-15(3,4)16(14,5)6/h10-11,14,17H,7-9H2,1-6H3. The third-order valence-electron chi connectivity index (χ3n) is 4.94. The molecule has 1 fully saturated rings. The average molecular weight is 264 g/mol. The van der Waals surface area contributed by atoms with E-state index in [9.17, 15) is 0 Å². The second-order valence-corrected chi connectivity index (χ2v) is 7.38. The summed E-state index contributed by atoms with van der Waals surface area (Å²) < 4.78 is 5.93. The highest BCUT2D eigenvalue weighted by molar-refractivity contribution is 5.27. The molecule has 1 aliphatic carbocycles. The van der Waals surface area contributed by atoms with E-state index in [4.69, 9.17) is 4.42 Å². The molecular weight excluding hydrogens is 236 g/mol. The molecule has 19 heavy (non-hydrogen) atoms. The van der Waals surface area contributed by atoms with Crippen LogP contribution in [0, 0.1) is 16.7 Å². The quantitative estimate of drug-likeness (QED) is 0.798. The van der Waals surface area contributed by atoms with Gasteiger partial charge in [-0.05, 0) is 23.3 Å². The van der Waals surface area contributed by atoms with Crippen LogP contribution in [-0.4, -0.2) is 18.1 Å². The maximum Gasteiger partial charge on any atom is 0.195 e. The summed E-state index contributed by atoms with van der Waals surface area (Å²) in [4.78, 5) is 4.42. The van der Waals surface area contributed by atoms with Gasteiger partial charge in [0.15, 0.2) is 5.89 Å². The Kier molecular flexibility index (Phi) is 3.78. The van der Waals surface area contributed by atoms with E-state index in [1.807, 2.05) is 6.20 Å². The van der Waals surface area contributed by atoms with Gasteiger partial charge in [0, 0.05) is 18.9 Å². The molecule has 108 valence electrons. The molecule has 1 N–H and O–H groups in total. The molecule has 0 aliphatic heterocycles. The van der Waals surface area contributed by atoms with Gasteiger partial charge in [-0.25, -0.2) is 4.98 Å². The van der Waals surface area contributed by atoms with Crippen LogP contribution in [0.3, 0.4) is 0 Å². The molecule has 0 radical (unpaired) electrons. The topological polar surface area (TPSA) is 38.1 Å². The van der Waals surface area contributed by atoms with Crippen molar-refractivity contribution in [2.24, 2.45) is 16.7 Å². The predicted octanol–water partition coefficient (Wildman–Crippen LogP) is 3.61. The molecule has 3 nitrogen and oxygen atoms in total. The molecule has 0 saturated heterocycles. The van der Waals surface area contributed by atoms with E-state index < -0.39 is 0 Å². The van der Waals surface area contributed by atoms with Crippen LogP contribution in [0.1, 0.15) is 59.1 Å². The molecule has 2 rings (SSSR count). The lowest BCUT2D eigenvalue weighted by Crippen LogP contribution is -2.22. The van der Waals surface area contributed by atoms with Gasteiger partial charge in [-0.1, -0.05) is 41.5 Å². The van der Waals surface area contributed by atoms with Crippen molar-refractivity contribution in [1.29, 1.82) is 0 Å². The predicted molar refractivity (Wildman–Crippen MR) is 78.2 cm³/mol. The number of oxazole rings is 1. The molecule has 1 aliphatic rings. The second kappa shape index (κ2) is 4.93. The average Bonchev–Trinajstić information content (AvgIpc) is 2.66. The van der Waals surface area contributed by atoms with Crippen LogP contribution in [-0.2, 0) is 6.42 Å². The van der Waals surface area contributed by atoms with Gasteiger partial charge in [0.1, 0.15) is 5.76 Å². The summed E-state index contributed by atoms with van der Waals surface area (Å²) in [6, 6.07) is 0. The van der Waals surface area contributed by atoms with E-state index in [1.54, 1.807) is 0 Å². The summed E-state index contributed by atoms with van der Waals surface area (Å²) in [5.41, 5.74) is 0.638. The Hall–Kier alpha value is -0.830. The minimum Gasteiger partial charge on any atom is -0.445 e. The summed E-state index contributed by atoms with van der Waals surface area (Å²) in [5, 5.41) is 3.42. The monoisotopic (exact) mass is 264 g/mol. The van der Waals surface area contributed by atoms with Crippen LogP contribution in [0.2, 0.25) is 0 Å². The first-order valence-electron chi connectivity index (χ1n) is 7.42. The van der Waals surface area contributed by atoms with Crippen molar-refractivity contribution in [2.75, 3.05) is 13.1 Å². The summed E-state index contributed by atoms with van der Waals surface area (Å²) in [7, 11) is 0. The third kappa shape index (κ3) is 2.71. The van der Waals surface area contributed by atoms with Crippen LogP contribution < -0.4 is 5.32 Å². The summed E-state index contributed by atoms with van der Waals surface area (Å²) in [6.07, 6.45) is 2.80. The fourth-order valence-electron chi connectivity index (χ4n) is 3.07. The summed E-state index contributed by atoms with van der Waals surface area (Å²) >= 11 is 0. The Morgan fingerprint density at radius 3 is 2.42 bits per heavy atom. The van der Waals surface area contributed by atoms with E-state index in [-0.39, 0.29) is 0 Å². The van der Waals surface area contributed by atoms with E-state index in [1.165, 1.54) is 0 Å². The highest BCUT2D eigenvalue weighted by Crippen LogP contribution is 2.73. The fraction of sp³-hybridized carbons (Fsp3) is 0.812. The van der Waals surface area contributed by atoms with Crippen molar-refractivity contribution in [3.63, 3.8) is 0 Å². The molecule has 0 bridgehead atoms. The minimum atomic E-state index is 0.319. The molecule has 1 heterocycles. The first-order chi connectivity index (χ1) is 8.76. The van der Waals surface area contributed by atoms with E-state index in [0.717, 1.165) is 31.2 Å². The summed E-state index contributed by atoms with van der Waals surface area (Å²) in [5.74, 6) is 3.12. The Bertz CT molecular complexity index is 418. The normalized spacial score (nSPS) is 21.0. The fourth-order valence-corrected chi connectivity index (χ4v) is 3.07. The lowest BCUT2D eigenvalue weighted by molar-refractivity contribution is 0.429. The van der Waals surface area contributed by atoms with Crippen LogP contribution in [0.25, 0.3) is 0 Å². The molecular formula is C16H28N2O. The maximum absolute atomic E-state index is 5.93. The molecule has 0 unspecified atom stereocenters. The Morgan fingerprint density at radius 1 is 1.26 bits per heavy atom. The second-order valence-electron chi connectivity index (χ2n) is 7.38. The van der Waals surface area contributed by atoms with Crippen molar-refractivity contribution in [2.45, 2.75) is 53.9 Å². The first kappa shape index (κ1) is 14.6. The van der Waals surface area contributed by atoms with E-state index in [0.29, 0.717) is 22.7 Å². The van der Waals surface area contributed by atoms with Crippen molar-refractivity contribution in [3.8, 4) is 0 Å². The lowest BCUT2D eigenvalue weighted by atomic mass is 10.0. The first-order valence-corrected chi connectivity index (χ1v) is 7.42. The van der Waals surface area contributed by atoms with Gasteiger partial charge in [-0.15, -0.1) is 0 Å². The van der Waals surface area contributed by atoms with Crippen molar-refractivity contribution < 1.29 is 4.42 Å². The van der Waals surface area contributed by atoms with Gasteiger partial charge < -0.3 is 9.73 Å². The van der Waals surface area contributed by atoms with Gasteiger partial charge in [-0.3, -0.25) is 0 Å². The number of nitrogens with zero attached hydrogens (tertiary/aromatic N) is 1. The lowest BCUT2D eigenvalue weighted by Gasteiger charge is -2.05. The zero-order chi connectivity index (χ0) is 14.3. The SMILES string of the molecule is CC(C)CNCCc1ncc(C2C(C)(C)C2(C)C)o1. The minimum absolute atomic E-state index is 0.319. The molecule has 3 heteroatoms. The Morgan fingerprint density at radius 2 is 1.89 bits per heavy atom. The molecule has 1 saturated carbocycles. The highest BCUT2D eigenvalue weighted by Gasteiger charge is 2.66. The van der Waals surface area contributed by atoms with E-state index >= 15 is 0 Å². The largest absolute Gasteiger partial charge is 0.445 e. The summed E-state index contributed by atoms with van der Waals surface area (Å²) in [6.45, 7) is 15.7. The van der Waals surface area contributed by atoms with Gasteiger partial charge in [0.25, 0.3) is 0 Å². The van der Waals surface area contributed by atoms with Crippen LogP contribution in [0.4, 0.5) is 0 Å². The van der Waals surface area contributed by atoms with E-state index in [2.05, 4.69) is 51.8 Å². The zero-order valence-electron chi connectivity index (χ0n) is 13.2. The van der Waals surface area contributed by atoms with Crippen LogP contribution in [0.5, 0.6) is 0 Å².